The molecule has 1 aliphatic heterocycles. The van der Waals surface area contributed by atoms with E-state index in [1.54, 1.807) is 0 Å². The van der Waals surface area contributed by atoms with Crippen LogP contribution in [0.15, 0.2) is 0 Å². The number of likely N-dealkylation sites (tertiary alicyclic amines) is 1. The molecule has 0 aromatic carbocycles. The summed E-state index contributed by atoms with van der Waals surface area (Å²) in [7, 11) is 0. The molecular formula is C14H28N3O3+. The molecule has 0 aromatic heterocycles. The van der Waals surface area contributed by atoms with Crippen molar-refractivity contribution in [2.75, 3.05) is 13.1 Å². The molecular weight excluding hydrogens is 258 g/mol. The molecule has 0 radical (unpaired) electrons. The number of quaternary nitrogens is 2. The minimum absolute atomic E-state index is 0.0639. The molecule has 1 heterocycles. The van der Waals surface area contributed by atoms with Crippen LogP contribution >= 0.6 is 0 Å². The average molecular weight is 286 g/mol. The quantitative estimate of drug-likeness (QED) is 0.472. The lowest BCUT2D eigenvalue weighted by Crippen LogP contribution is -3.19. The van der Waals surface area contributed by atoms with Crippen molar-refractivity contribution in [1.82, 2.24) is 0 Å². The predicted molar refractivity (Wildman–Crippen MR) is 73.9 cm³/mol. The van der Waals surface area contributed by atoms with Crippen LogP contribution < -0.4 is 15.9 Å². The third-order valence-corrected chi connectivity index (χ3v) is 4.99. The Bertz CT molecular complexity index is 338. The van der Waals surface area contributed by atoms with E-state index in [-0.39, 0.29) is 23.9 Å². The van der Waals surface area contributed by atoms with Gasteiger partial charge in [-0.1, -0.05) is 6.92 Å². The Kier molecular flexibility index (Phi) is 5.51. The SMILES string of the molecule is CC1CCC(N)[NH+](CC(=O)C2CCCC([NH+]([O-])O)C2)C1. The van der Waals surface area contributed by atoms with Crippen LogP contribution in [0.2, 0.25) is 0 Å². The highest BCUT2D eigenvalue weighted by atomic mass is 16.8. The van der Waals surface area contributed by atoms with Crippen LogP contribution in [0, 0.1) is 17.0 Å². The fourth-order valence-corrected chi connectivity index (χ4v) is 3.65. The maximum Gasteiger partial charge on any atom is 0.190 e. The summed E-state index contributed by atoms with van der Waals surface area (Å²) in [5, 5.41) is 19.4. The second kappa shape index (κ2) is 6.95. The molecule has 6 heteroatoms. The third-order valence-electron chi connectivity index (χ3n) is 4.99. The largest absolute Gasteiger partial charge is 0.600 e. The molecule has 116 valence electrons. The second-order valence-corrected chi connectivity index (χ2v) is 6.69. The van der Waals surface area contributed by atoms with Crippen LogP contribution in [0.4, 0.5) is 0 Å². The monoisotopic (exact) mass is 286 g/mol. The van der Waals surface area contributed by atoms with Crippen LogP contribution in [0.3, 0.4) is 0 Å². The first-order valence-electron chi connectivity index (χ1n) is 7.83. The van der Waals surface area contributed by atoms with Gasteiger partial charge in [0.05, 0.1) is 6.54 Å². The van der Waals surface area contributed by atoms with E-state index in [1.165, 1.54) is 4.90 Å². The van der Waals surface area contributed by atoms with E-state index >= 15 is 0 Å². The van der Waals surface area contributed by atoms with Gasteiger partial charge in [-0.3, -0.25) is 10.5 Å². The van der Waals surface area contributed by atoms with Crippen molar-refractivity contribution in [3.8, 4) is 0 Å². The Labute approximate surface area is 120 Å². The van der Waals surface area contributed by atoms with Crippen LogP contribution in [0.5, 0.6) is 0 Å². The molecule has 1 aliphatic carbocycles. The zero-order valence-electron chi connectivity index (χ0n) is 12.3. The summed E-state index contributed by atoms with van der Waals surface area (Å²) in [6, 6.07) is -0.332. The maximum absolute atomic E-state index is 12.4. The highest BCUT2D eigenvalue weighted by Crippen LogP contribution is 2.23. The molecule has 2 aliphatic rings. The normalized spacial score (nSPS) is 40.3. The van der Waals surface area contributed by atoms with E-state index < -0.39 is 5.23 Å². The number of hydroxylamine groups is 2. The van der Waals surface area contributed by atoms with Gasteiger partial charge >= 0.3 is 0 Å². The number of ketones is 1. The van der Waals surface area contributed by atoms with E-state index in [2.05, 4.69) is 6.92 Å². The Morgan fingerprint density at radius 1 is 1.40 bits per heavy atom. The van der Waals surface area contributed by atoms with Gasteiger partial charge in [-0.25, -0.2) is 10.4 Å². The van der Waals surface area contributed by atoms with E-state index in [9.17, 15) is 10.0 Å². The van der Waals surface area contributed by atoms with Crippen molar-refractivity contribution in [2.45, 2.75) is 57.7 Å². The van der Waals surface area contributed by atoms with Crippen molar-refractivity contribution in [2.24, 2.45) is 17.6 Å². The molecule has 6 unspecified atom stereocenters. The minimum atomic E-state index is -0.752. The Balaban J connectivity index is 1.87. The number of carbonyl (C=O) groups is 1. The van der Waals surface area contributed by atoms with Gasteiger partial charge in [-0.2, -0.15) is 0 Å². The first kappa shape index (κ1) is 15.9. The van der Waals surface area contributed by atoms with Gasteiger partial charge in [0, 0.05) is 31.1 Å². The third kappa shape index (κ3) is 3.99. The summed E-state index contributed by atoms with van der Waals surface area (Å²) in [5.74, 6) is 0.771. The molecule has 1 saturated heterocycles. The fourth-order valence-electron chi connectivity index (χ4n) is 3.65. The Hall–Kier alpha value is -0.530. The number of piperidine rings is 1. The highest BCUT2D eigenvalue weighted by Gasteiger charge is 2.35. The molecule has 0 spiro atoms. The smallest absolute Gasteiger partial charge is 0.190 e. The lowest BCUT2D eigenvalue weighted by atomic mass is 9.83. The maximum atomic E-state index is 12.4. The van der Waals surface area contributed by atoms with Crippen molar-refractivity contribution >= 4 is 5.78 Å². The molecule has 2 rings (SSSR count). The predicted octanol–water partition coefficient (Wildman–Crippen LogP) is -1.51. The minimum Gasteiger partial charge on any atom is -0.600 e. The van der Waals surface area contributed by atoms with Gasteiger partial charge in [0.25, 0.3) is 0 Å². The standard InChI is InChI=1S/C14H27N3O3/c1-10-5-6-14(15)16(8-10)9-13(18)11-3-2-4-12(7-11)17(19)20/h10-12,14,17,19H,2-9,15H2,1H3/p+1. The molecule has 5 N–H and O–H groups in total. The molecule has 6 nitrogen and oxygen atoms in total. The first-order chi connectivity index (χ1) is 9.47. The Morgan fingerprint density at radius 3 is 2.85 bits per heavy atom. The lowest BCUT2D eigenvalue weighted by molar-refractivity contribution is -1.07. The molecule has 2 fully saturated rings. The number of hydrogen-bond donors (Lipinski definition) is 4. The van der Waals surface area contributed by atoms with Crippen molar-refractivity contribution in [1.29, 1.82) is 0 Å². The molecule has 0 aromatic rings. The number of nitrogens with two attached hydrogens (primary N) is 1. The molecule has 6 atom stereocenters. The topological polar surface area (TPSA) is 95.3 Å². The summed E-state index contributed by atoms with van der Waals surface area (Å²) in [5.41, 5.74) is 6.11. The van der Waals surface area contributed by atoms with Gasteiger partial charge in [-0.15, -0.1) is 0 Å². The van der Waals surface area contributed by atoms with Crippen LogP contribution in [-0.4, -0.2) is 36.3 Å². The molecule has 0 amide bonds. The van der Waals surface area contributed by atoms with Crippen molar-refractivity contribution in [3.05, 3.63) is 5.21 Å². The summed E-state index contributed by atoms with van der Waals surface area (Å²) in [4.78, 5) is 13.6. The van der Waals surface area contributed by atoms with Crippen molar-refractivity contribution < 1.29 is 20.1 Å². The van der Waals surface area contributed by atoms with Crippen LogP contribution in [-0.2, 0) is 4.79 Å². The summed E-state index contributed by atoms with van der Waals surface area (Å²) < 4.78 is 0. The highest BCUT2D eigenvalue weighted by molar-refractivity contribution is 5.82. The number of hydrogen-bond acceptors (Lipinski definition) is 4. The summed E-state index contributed by atoms with van der Waals surface area (Å²) in [6.45, 7) is 3.64. The van der Waals surface area contributed by atoms with Crippen molar-refractivity contribution in [3.63, 3.8) is 0 Å². The zero-order valence-corrected chi connectivity index (χ0v) is 12.3. The van der Waals surface area contributed by atoms with Gasteiger partial charge in [0.15, 0.2) is 5.78 Å². The average Bonchev–Trinajstić information content (AvgIpc) is 2.43. The number of carbonyl (C=O) groups excluding carboxylic acids is 1. The van der Waals surface area contributed by atoms with E-state index in [0.717, 1.165) is 32.2 Å². The van der Waals surface area contributed by atoms with Gasteiger partial charge in [0.1, 0.15) is 18.8 Å². The fraction of sp³-hybridized carbons (Fsp3) is 0.929. The second-order valence-electron chi connectivity index (χ2n) is 6.69. The van der Waals surface area contributed by atoms with E-state index in [1.807, 2.05) is 0 Å². The summed E-state index contributed by atoms with van der Waals surface area (Å²) >= 11 is 0. The Morgan fingerprint density at radius 2 is 2.15 bits per heavy atom. The summed E-state index contributed by atoms with van der Waals surface area (Å²) in [6.07, 6.45) is 5.12. The number of Topliss-reactive ketones (excluding diaryl/α,β-unsaturated/α-hetero) is 1. The number of rotatable bonds is 4. The number of nitrogens with one attached hydrogen (secondary N) is 2. The molecule has 0 bridgehead atoms. The zero-order chi connectivity index (χ0) is 14.7. The van der Waals surface area contributed by atoms with Gasteiger partial charge < -0.3 is 10.1 Å². The molecule has 20 heavy (non-hydrogen) atoms. The van der Waals surface area contributed by atoms with E-state index in [0.29, 0.717) is 25.3 Å². The van der Waals surface area contributed by atoms with Crippen LogP contribution in [0.25, 0.3) is 0 Å². The van der Waals surface area contributed by atoms with Gasteiger partial charge in [-0.05, 0) is 19.3 Å². The molecule has 1 saturated carbocycles. The van der Waals surface area contributed by atoms with Crippen LogP contribution in [0.1, 0.15) is 45.4 Å². The first-order valence-corrected chi connectivity index (χ1v) is 7.83. The van der Waals surface area contributed by atoms with Gasteiger partial charge in [0.2, 0.25) is 0 Å². The lowest BCUT2D eigenvalue weighted by Gasteiger charge is -2.35. The van der Waals surface area contributed by atoms with E-state index in [4.69, 9.17) is 10.9 Å².